The molecule has 1 aromatic rings. The molecule has 0 aromatic heterocycles. The van der Waals surface area contributed by atoms with Gasteiger partial charge in [-0.1, -0.05) is 11.6 Å². The van der Waals surface area contributed by atoms with Gasteiger partial charge in [0.2, 0.25) is 5.82 Å². The maximum absolute atomic E-state index is 13.4. The Balaban J connectivity index is 3.18. The number of esters is 1. The van der Waals surface area contributed by atoms with Crippen LogP contribution in [0.2, 0.25) is 5.02 Å². The number of benzene rings is 1. The summed E-state index contributed by atoms with van der Waals surface area (Å²) in [4.78, 5) is 20.5. The van der Waals surface area contributed by atoms with Gasteiger partial charge < -0.3 is 14.9 Å². The summed E-state index contributed by atoms with van der Waals surface area (Å²) in [6.07, 6.45) is -3.85. The third-order valence-electron chi connectivity index (χ3n) is 2.32. The molecule has 104 valence electrons. The first kappa shape index (κ1) is 15.3. The van der Waals surface area contributed by atoms with Crippen LogP contribution in [0.15, 0.2) is 12.1 Å². The highest BCUT2D eigenvalue weighted by molar-refractivity contribution is 6.31. The van der Waals surface area contributed by atoms with Crippen molar-refractivity contribution >= 4 is 23.3 Å². The number of aliphatic hydroxyl groups excluding tert-OH is 2. The minimum atomic E-state index is -1.98. The van der Waals surface area contributed by atoms with E-state index in [0.717, 1.165) is 7.11 Å². The van der Waals surface area contributed by atoms with Crippen molar-refractivity contribution in [2.45, 2.75) is 12.2 Å². The van der Waals surface area contributed by atoms with Crippen molar-refractivity contribution in [2.24, 2.45) is 0 Å². The highest BCUT2D eigenvalue weighted by Gasteiger charge is 2.30. The van der Waals surface area contributed by atoms with E-state index in [9.17, 15) is 29.5 Å². The summed E-state index contributed by atoms with van der Waals surface area (Å²) >= 11 is 5.64. The zero-order valence-corrected chi connectivity index (χ0v) is 10.3. The number of hydrogen-bond acceptors (Lipinski definition) is 6. The van der Waals surface area contributed by atoms with E-state index in [-0.39, 0.29) is 10.6 Å². The maximum Gasteiger partial charge on any atom is 0.337 e. The molecular weight excluding hydrogens is 285 g/mol. The van der Waals surface area contributed by atoms with E-state index in [2.05, 4.69) is 4.74 Å². The molecule has 0 amide bonds. The first-order valence-corrected chi connectivity index (χ1v) is 5.24. The second-order valence-corrected chi connectivity index (χ2v) is 3.90. The number of rotatable bonds is 4. The number of ether oxygens (including phenoxy) is 1. The number of halogens is 2. The molecule has 0 fully saturated rings. The van der Waals surface area contributed by atoms with Crippen LogP contribution in [0, 0.1) is 15.9 Å². The Kier molecular flexibility index (Phi) is 4.76. The van der Waals surface area contributed by atoms with Crippen LogP contribution in [0.1, 0.15) is 11.7 Å². The summed E-state index contributed by atoms with van der Waals surface area (Å²) in [6.45, 7) is 0. The van der Waals surface area contributed by atoms with Crippen molar-refractivity contribution in [1.29, 1.82) is 0 Å². The van der Waals surface area contributed by atoms with Gasteiger partial charge in [-0.15, -0.1) is 0 Å². The number of hydrogen-bond donors (Lipinski definition) is 2. The van der Waals surface area contributed by atoms with Crippen molar-refractivity contribution in [3.05, 3.63) is 38.7 Å². The van der Waals surface area contributed by atoms with Crippen LogP contribution >= 0.6 is 11.6 Å². The van der Waals surface area contributed by atoms with E-state index in [1.165, 1.54) is 0 Å². The molecule has 1 aromatic carbocycles. The van der Waals surface area contributed by atoms with Gasteiger partial charge in [-0.25, -0.2) is 4.79 Å². The summed E-state index contributed by atoms with van der Waals surface area (Å²) in [7, 11) is 0.982. The number of aliphatic hydroxyl groups is 2. The minimum absolute atomic E-state index is 0.358. The van der Waals surface area contributed by atoms with Gasteiger partial charge in [0.15, 0.2) is 6.10 Å². The molecule has 9 heteroatoms. The molecule has 2 unspecified atom stereocenters. The first-order valence-electron chi connectivity index (χ1n) is 4.86. The summed E-state index contributed by atoms with van der Waals surface area (Å²) in [5.41, 5.74) is -1.24. The molecule has 0 saturated heterocycles. The topological polar surface area (TPSA) is 110 Å². The molecule has 1 rings (SSSR count). The predicted octanol–water partition coefficient (Wildman–Crippen LogP) is 0.955. The van der Waals surface area contributed by atoms with E-state index in [0.29, 0.717) is 12.1 Å². The Labute approximate surface area is 111 Å². The van der Waals surface area contributed by atoms with Gasteiger partial charge in [0, 0.05) is 11.6 Å². The van der Waals surface area contributed by atoms with Crippen molar-refractivity contribution in [3.63, 3.8) is 0 Å². The third kappa shape index (κ3) is 3.16. The highest BCUT2D eigenvalue weighted by atomic mass is 35.5. The first-order chi connectivity index (χ1) is 8.79. The largest absolute Gasteiger partial charge is 0.467 e. The predicted molar refractivity (Wildman–Crippen MR) is 61.0 cm³/mol. The molecule has 0 radical (unpaired) electrons. The Morgan fingerprint density at radius 3 is 2.58 bits per heavy atom. The van der Waals surface area contributed by atoms with Crippen LogP contribution in [0.4, 0.5) is 10.1 Å². The van der Waals surface area contributed by atoms with E-state index >= 15 is 0 Å². The molecule has 7 nitrogen and oxygen atoms in total. The molecule has 2 atom stereocenters. The summed E-state index contributed by atoms with van der Waals surface area (Å²) in [5.74, 6) is -2.40. The number of nitro benzene ring substituents is 1. The fraction of sp³-hybridized carbons (Fsp3) is 0.300. The Hall–Kier alpha value is -1.77. The van der Waals surface area contributed by atoms with Gasteiger partial charge in [0.1, 0.15) is 6.10 Å². The van der Waals surface area contributed by atoms with Crippen molar-refractivity contribution in [2.75, 3.05) is 7.11 Å². The number of nitrogens with zero attached hydrogens (tertiary/aromatic N) is 1. The SMILES string of the molecule is COC(=O)C(O)C(O)c1cc(F)c([N+](=O)[O-])cc1Cl. The fourth-order valence-corrected chi connectivity index (χ4v) is 1.61. The lowest BCUT2D eigenvalue weighted by atomic mass is 10.0. The lowest BCUT2D eigenvalue weighted by molar-refractivity contribution is -0.387. The zero-order chi connectivity index (χ0) is 14.7. The van der Waals surface area contributed by atoms with Gasteiger partial charge >= 0.3 is 11.7 Å². The van der Waals surface area contributed by atoms with Crippen LogP contribution in [0.3, 0.4) is 0 Å². The molecule has 0 bridgehead atoms. The maximum atomic E-state index is 13.4. The summed E-state index contributed by atoms with van der Waals surface area (Å²) in [6, 6.07) is 1.26. The summed E-state index contributed by atoms with van der Waals surface area (Å²) < 4.78 is 17.6. The second kappa shape index (κ2) is 5.91. The van der Waals surface area contributed by atoms with Gasteiger partial charge in [-0.05, 0) is 6.07 Å². The quantitative estimate of drug-likeness (QED) is 0.486. The lowest BCUT2D eigenvalue weighted by Crippen LogP contribution is -2.29. The zero-order valence-electron chi connectivity index (χ0n) is 9.54. The van der Waals surface area contributed by atoms with Crippen LogP contribution in [-0.2, 0) is 9.53 Å². The lowest BCUT2D eigenvalue weighted by Gasteiger charge is -2.17. The molecule has 0 aliphatic heterocycles. The van der Waals surface area contributed by atoms with E-state index in [4.69, 9.17) is 11.6 Å². The molecule has 0 aliphatic rings. The van der Waals surface area contributed by atoms with Gasteiger partial charge in [-0.2, -0.15) is 4.39 Å². The van der Waals surface area contributed by atoms with Crippen LogP contribution in [0.25, 0.3) is 0 Å². The number of carbonyl (C=O) groups excluding carboxylic acids is 1. The molecule has 2 N–H and O–H groups in total. The van der Waals surface area contributed by atoms with Crippen LogP contribution in [-0.4, -0.2) is 34.3 Å². The average molecular weight is 294 g/mol. The van der Waals surface area contributed by atoms with Crippen molar-refractivity contribution in [1.82, 2.24) is 0 Å². The minimum Gasteiger partial charge on any atom is -0.467 e. The van der Waals surface area contributed by atoms with Gasteiger partial charge in [0.25, 0.3) is 0 Å². The highest BCUT2D eigenvalue weighted by Crippen LogP contribution is 2.31. The van der Waals surface area contributed by atoms with Gasteiger partial charge in [-0.3, -0.25) is 10.1 Å². The van der Waals surface area contributed by atoms with Crippen LogP contribution < -0.4 is 0 Å². The average Bonchev–Trinajstić information content (AvgIpc) is 2.37. The Morgan fingerprint density at radius 1 is 1.53 bits per heavy atom. The molecule has 0 heterocycles. The monoisotopic (exact) mass is 293 g/mol. The van der Waals surface area contributed by atoms with E-state index < -0.39 is 34.6 Å². The molecular formula is C10H9ClFNO6. The summed E-state index contributed by atoms with van der Waals surface area (Å²) in [5, 5.41) is 29.2. The Morgan fingerprint density at radius 2 is 2.11 bits per heavy atom. The van der Waals surface area contributed by atoms with E-state index in [1.807, 2.05) is 0 Å². The number of carbonyl (C=O) groups is 1. The smallest absolute Gasteiger partial charge is 0.337 e. The normalized spacial score (nSPS) is 13.7. The Bertz CT molecular complexity index is 523. The van der Waals surface area contributed by atoms with E-state index in [1.54, 1.807) is 0 Å². The van der Waals surface area contributed by atoms with Crippen molar-refractivity contribution in [3.8, 4) is 0 Å². The fourth-order valence-electron chi connectivity index (χ4n) is 1.34. The molecule has 19 heavy (non-hydrogen) atoms. The molecule has 0 saturated carbocycles. The van der Waals surface area contributed by atoms with Crippen LogP contribution in [0.5, 0.6) is 0 Å². The molecule has 0 spiro atoms. The number of nitro groups is 1. The van der Waals surface area contributed by atoms with Gasteiger partial charge in [0.05, 0.1) is 17.1 Å². The van der Waals surface area contributed by atoms with Crippen molar-refractivity contribution < 1.29 is 29.1 Å². The third-order valence-corrected chi connectivity index (χ3v) is 2.65. The number of methoxy groups -OCH3 is 1. The standard InChI is InChI=1S/C10H9ClFNO6/c1-19-10(16)9(15)8(14)4-2-6(12)7(13(17)18)3-5(4)11/h2-3,8-9,14-15H,1H3. The molecule has 0 aliphatic carbocycles. The second-order valence-electron chi connectivity index (χ2n) is 3.50.